The van der Waals surface area contributed by atoms with Crippen molar-refractivity contribution in [1.82, 2.24) is 0 Å². The molecule has 0 N–H and O–H groups in total. The fraction of sp³-hybridized carbons (Fsp3) is 0.155. The third-order valence-electron chi connectivity index (χ3n) is 13.4. The zero-order valence-electron chi connectivity index (χ0n) is 43.9. The number of hydrogen-bond acceptors (Lipinski definition) is 6. The second-order valence-electron chi connectivity index (χ2n) is 19.5. The van der Waals surface area contributed by atoms with Gasteiger partial charge in [-0.1, -0.05) is 230 Å². The van der Waals surface area contributed by atoms with E-state index in [1.807, 2.05) is 109 Å². The second-order valence-corrected chi connectivity index (χ2v) is 19.5. The minimum atomic E-state index is 0.404. The van der Waals surface area contributed by atoms with Crippen LogP contribution in [-0.4, -0.2) is 0 Å². The lowest BCUT2D eigenvalue weighted by Gasteiger charge is -2.22. The molecule has 10 aromatic carbocycles. The van der Waals surface area contributed by atoms with Gasteiger partial charge in [-0.3, -0.25) is 0 Å². The fourth-order valence-electron chi connectivity index (χ4n) is 9.59. The van der Waals surface area contributed by atoms with Gasteiger partial charge in [0.1, 0.15) is 74.1 Å². The van der Waals surface area contributed by atoms with Gasteiger partial charge in [-0.05, 0) is 92.7 Å². The molecule has 0 aromatic heterocycles. The highest BCUT2D eigenvalue weighted by atomic mass is 16.5. The Morgan fingerprint density at radius 3 is 0.766 bits per heavy atom. The van der Waals surface area contributed by atoms with Crippen molar-refractivity contribution < 1.29 is 28.4 Å². The van der Waals surface area contributed by atoms with Gasteiger partial charge in [0.2, 0.25) is 0 Å². The Labute approximate surface area is 454 Å². The van der Waals surface area contributed by atoms with Crippen molar-refractivity contribution in [2.75, 3.05) is 0 Å². The Hall–Kier alpha value is -9.00. The molecule has 0 heterocycles. The summed E-state index contributed by atoms with van der Waals surface area (Å²) in [4.78, 5) is 0. The van der Waals surface area contributed by atoms with E-state index in [0.717, 1.165) is 112 Å². The highest BCUT2D eigenvalue weighted by Crippen LogP contribution is 2.39. The third kappa shape index (κ3) is 14.7. The van der Waals surface area contributed by atoms with Gasteiger partial charge in [0.15, 0.2) is 0 Å². The van der Waals surface area contributed by atoms with Crippen molar-refractivity contribution in [2.24, 2.45) is 0 Å². The van der Waals surface area contributed by atoms with Gasteiger partial charge in [0, 0.05) is 31.4 Å². The van der Waals surface area contributed by atoms with Crippen LogP contribution >= 0.6 is 0 Å². The van der Waals surface area contributed by atoms with Gasteiger partial charge >= 0.3 is 0 Å². The molecule has 0 spiro atoms. The predicted octanol–water partition coefficient (Wildman–Crippen LogP) is 16.5. The zero-order valence-corrected chi connectivity index (χ0v) is 43.9. The molecule has 0 fully saturated rings. The quantitative estimate of drug-likeness (QED) is 0.0601. The van der Waals surface area contributed by atoms with Crippen LogP contribution in [0.2, 0.25) is 0 Å². The average Bonchev–Trinajstić information content (AvgIpc) is 3.47. The summed E-state index contributed by atoms with van der Waals surface area (Å²) >= 11 is 0. The molecule has 0 radical (unpaired) electrons. The van der Waals surface area contributed by atoms with Crippen LogP contribution in [0.5, 0.6) is 34.5 Å². The first-order valence-electron chi connectivity index (χ1n) is 26.4. The van der Waals surface area contributed by atoms with Crippen molar-refractivity contribution in [1.29, 1.82) is 0 Å². The Morgan fingerprint density at radius 1 is 0.234 bits per heavy atom. The number of hydrogen-bond donors (Lipinski definition) is 0. The van der Waals surface area contributed by atoms with Gasteiger partial charge in [-0.25, -0.2) is 0 Å². The molecular formula is C71H64O6. The molecular weight excluding hydrogens is 949 g/mol. The smallest absolute Gasteiger partial charge is 0.127 e. The predicted molar refractivity (Wildman–Crippen MR) is 308 cm³/mol. The van der Waals surface area contributed by atoms with E-state index < -0.39 is 0 Å². The van der Waals surface area contributed by atoms with Crippen LogP contribution in [0.25, 0.3) is 0 Å². The van der Waals surface area contributed by atoms with E-state index in [2.05, 4.69) is 147 Å². The van der Waals surface area contributed by atoms with Crippen molar-refractivity contribution in [2.45, 2.75) is 72.8 Å². The third-order valence-corrected chi connectivity index (χ3v) is 13.4. The van der Waals surface area contributed by atoms with Gasteiger partial charge in [-0.2, -0.15) is 0 Å². The molecule has 0 aliphatic carbocycles. The minimum Gasteiger partial charge on any atom is -0.489 e. The number of aryl methyl sites for hydroxylation is 2. The van der Waals surface area contributed by atoms with E-state index in [0.29, 0.717) is 58.9 Å². The molecule has 0 saturated carbocycles. The highest BCUT2D eigenvalue weighted by Gasteiger charge is 2.21. The molecule has 0 aliphatic rings. The summed E-state index contributed by atoms with van der Waals surface area (Å²) in [5.74, 6) is 4.70. The maximum Gasteiger partial charge on any atom is 0.127 e. The Balaban J connectivity index is 1.02. The van der Waals surface area contributed by atoms with Crippen LogP contribution in [0, 0.1) is 13.8 Å². The molecule has 77 heavy (non-hydrogen) atoms. The van der Waals surface area contributed by atoms with Gasteiger partial charge in [-0.15, -0.1) is 0 Å². The van der Waals surface area contributed by atoms with Crippen molar-refractivity contribution >= 4 is 0 Å². The maximum absolute atomic E-state index is 7.06. The highest BCUT2D eigenvalue weighted by molar-refractivity contribution is 5.56. The zero-order chi connectivity index (χ0) is 52.4. The lowest BCUT2D eigenvalue weighted by Crippen LogP contribution is -2.08. The SMILES string of the molecule is Cc1cc(Cc2ccc(OCc3ccccc3)cc2OCc2ccccc2)c(OCc2ccccc2)c(Cc2cc(C)cc(Cc3ccc(OCc4ccccc4)cc3OCc3ccccc3)c2OCc2ccccc2)c1. The van der Waals surface area contributed by atoms with Gasteiger partial charge < -0.3 is 28.4 Å². The van der Waals surface area contributed by atoms with E-state index >= 15 is 0 Å². The number of rotatable bonds is 24. The first-order chi connectivity index (χ1) is 37.9. The van der Waals surface area contributed by atoms with Gasteiger partial charge in [0.25, 0.3) is 0 Å². The lowest BCUT2D eigenvalue weighted by molar-refractivity contribution is 0.287. The second kappa shape index (κ2) is 26.0. The largest absolute Gasteiger partial charge is 0.489 e. The summed E-state index contributed by atoms with van der Waals surface area (Å²) in [6.45, 7) is 6.88. The summed E-state index contributed by atoms with van der Waals surface area (Å²) < 4.78 is 40.2. The minimum absolute atomic E-state index is 0.404. The van der Waals surface area contributed by atoms with Crippen LogP contribution in [-0.2, 0) is 58.9 Å². The maximum atomic E-state index is 7.06. The summed E-state index contributed by atoms with van der Waals surface area (Å²) in [7, 11) is 0. The molecule has 0 amide bonds. The number of ether oxygens (including phenoxy) is 6. The molecule has 0 saturated heterocycles. The summed E-state index contributed by atoms with van der Waals surface area (Å²) in [5.41, 5.74) is 15.1. The summed E-state index contributed by atoms with van der Waals surface area (Å²) in [6.07, 6.45) is 1.69. The van der Waals surface area contributed by atoms with Crippen LogP contribution in [0.3, 0.4) is 0 Å². The Morgan fingerprint density at radius 2 is 0.481 bits per heavy atom. The normalized spacial score (nSPS) is 10.9. The van der Waals surface area contributed by atoms with Crippen LogP contribution in [0.1, 0.15) is 77.9 Å². The fourth-order valence-corrected chi connectivity index (χ4v) is 9.59. The molecule has 0 atom stereocenters. The van der Waals surface area contributed by atoms with E-state index in [1.54, 1.807) is 0 Å². The van der Waals surface area contributed by atoms with Crippen molar-refractivity contribution in [3.05, 3.63) is 321 Å². The molecule has 6 heteroatoms. The first kappa shape index (κ1) is 51.5. The molecule has 384 valence electrons. The molecule has 0 bridgehead atoms. The van der Waals surface area contributed by atoms with Crippen LogP contribution in [0.4, 0.5) is 0 Å². The monoisotopic (exact) mass is 1010 g/mol. The van der Waals surface area contributed by atoms with Crippen LogP contribution < -0.4 is 28.4 Å². The van der Waals surface area contributed by atoms with E-state index in [-0.39, 0.29) is 0 Å². The summed E-state index contributed by atoms with van der Waals surface area (Å²) in [6, 6.07) is 83.2. The van der Waals surface area contributed by atoms with Gasteiger partial charge in [0.05, 0.1) is 0 Å². The van der Waals surface area contributed by atoms with E-state index in [9.17, 15) is 0 Å². The molecule has 0 aliphatic heterocycles. The number of benzene rings is 10. The van der Waals surface area contributed by atoms with Crippen LogP contribution in [0.15, 0.2) is 243 Å². The molecule has 0 unspecified atom stereocenters. The van der Waals surface area contributed by atoms with Crippen molar-refractivity contribution in [3.63, 3.8) is 0 Å². The Bertz CT molecular complexity index is 3210. The molecule has 6 nitrogen and oxygen atoms in total. The topological polar surface area (TPSA) is 55.4 Å². The Kier molecular flexibility index (Phi) is 17.4. The average molecular weight is 1010 g/mol. The summed E-state index contributed by atoms with van der Waals surface area (Å²) in [5, 5.41) is 0. The first-order valence-corrected chi connectivity index (χ1v) is 26.4. The molecule has 10 aromatic rings. The van der Waals surface area contributed by atoms with E-state index in [4.69, 9.17) is 28.4 Å². The molecule has 10 rings (SSSR count). The van der Waals surface area contributed by atoms with Crippen molar-refractivity contribution in [3.8, 4) is 34.5 Å². The van der Waals surface area contributed by atoms with E-state index in [1.165, 1.54) is 0 Å². The lowest BCUT2D eigenvalue weighted by atomic mass is 9.92. The standard InChI is InChI=1S/C71H64O6/c1-52-37-62(41-60-33-35-66(72-46-54-21-9-3-10-22-54)44-68(60)74-48-56-25-13-5-14-26-56)70(76-50-58-29-17-7-18-30-58)64(39-52)43-65-40-53(2)38-63(71(65)77-51-59-31-19-8-20-32-59)42-61-34-36-67(73-47-55-23-11-4-12-24-55)45-69(61)75-49-57-27-15-6-16-28-57/h3-40,44-45H,41-43,46-51H2,1-2H3.